The summed E-state index contributed by atoms with van der Waals surface area (Å²) in [7, 11) is 13.9. The molecule has 8 fully saturated rings. The maximum atomic E-state index is 13.3. The average Bonchev–Trinajstić information content (AvgIpc) is 1.56. The molecule has 8 aliphatic heterocycles. The number of nitro benzene ring substituents is 1. The minimum atomic E-state index is -1.15. The van der Waals surface area contributed by atoms with Crippen LogP contribution in [0.1, 0.15) is 122 Å². The second-order valence-corrected chi connectivity index (χ2v) is 30.8. The highest BCUT2D eigenvalue weighted by molar-refractivity contribution is 5.77. The van der Waals surface area contributed by atoms with E-state index < -0.39 is 5.60 Å². The van der Waals surface area contributed by atoms with E-state index in [2.05, 4.69) is 102 Å². The van der Waals surface area contributed by atoms with Crippen LogP contribution in [0.25, 0.3) is 16.9 Å². The predicted molar refractivity (Wildman–Crippen MR) is 403 cm³/mol. The Kier molecular flexibility index (Phi) is 23.7. The molecule has 0 unspecified atom stereocenters. The number of pyridine rings is 1. The fraction of sp³-hybridized carbons (Fsp3) is 0.610. The lowest BCUT2D eigenvalue weighted by atomic mass is 9.71. The molecule has 8 saturated heterocycles. The summed E-state index contributed by atoms with van der Waals surface area (Å²) in [6.45, 7) is 26.1. The number of nitrogens with one attached hydrogen (secondary N) is 2. The van der Waals surface area contributed by atoms with Crippen LogP contribution in [0.4, 0.5) is 40.1 Å². The quantitative estimate of drug-likeness (QED) is 0.0365. The number of fused-ring (bicyclic) bond motifs is 1. The molecule has 0 radical (unpaired) electrons. The number of hydrogen-bond donors (Lipinski definition) is 4. The first kappa shape index (κ1) is 73.7. The molecule has 0 amide bonds. The SMILES string of the molecule is C=CCn1c(=O)c2cnc(Nc3ccc(N4CCC5(CCN(C)CC5)CC4)c(OC)c3)nc2n1-c1cccc(C(C)(C)O)n1.CN1CCC2(CCNCC2)CC1.COc1cc(N)ccc1N1CCC2(CCN(C)CC2)CC1.COc1cc([N+](=O)[O-])ccc1N1CCC2(CCN(C)CC2)CC1. The number of rotatable bonds is 13. The summed E-state index contributed by atoms with van der Waals surface area (Å²) < 4.78 is 19.9. The number of nitro groups is 1. The molecule has 6 aromatic rings. The predicted octanol–water partition coefficient (Wildman–Crippen LogP) is 11.0. The van der Waals surface area contributed by atoms with Crippen LogP contribution in [0.5, 0.6) is 17.2 Å². The molecule has 0 bridgehead atoms. The van der Waals surface area contributed by atoms with Crippen LogP contribution in [0, 0.1) is 31.8 Å². The highest BCUT2D eigenvalue weighted by atomic mass is 16.6. The van der Waals surface area contributed by atoms with Crippen LogP contribution in [-0.4, -0.2) is 208 Å². The molecule has 8 aliphatic rings. The molecule has 23 nitrogen and oxygen atoms in total. The first-order valence-corrected chi connectivity index (χ1v) is 36.8. The number of ether oxygens (including phenoxy) is 3. The van der Waals surface area contributed by atoms with Gasteiger partial charge in [-0.3, -0.25) is 14.9 Å². The van der Waals surface area contributed by atoms with E-state index in [1.165, 1.54) is 191 Å². The van der Waals surface area contributed by atoms with E-state index in [0.717, 1.165) is 78.9 Å². The Morgan fingerprint density at radius 3 is 1.46 bits per heavy atom. The van der Waals surface area contributed by atoms with E-state index in [1.54, 1.807) is 70.2 Å². The zero-order valence-electron chi connectivity index (χ0n) is 61.4. The standard InChI is InChI=1S/C33H42N8O3.C17H25N3O3.C17H27N3O.C10H20N2/c1-6-16-40-30(42)24-22-34-31(37-29(24)41(40)28-9-7-8-27(36-28)32(2,3)43)35-23-10-11-25(26(21-23)44-5)39-19-14-33(15-20-39)12-17-38(4)18-13-33;1-18-9-5-17(6-10-18)7-11-19(12-8-17)15-4-3-14(20(21)22)13-16(15)23-2;1-19-9-5-17(6-10-19)7-11-20(12-8-17)15-4-3-14(18)13-16(15)21-2;1-12-8-4-10(5-9-12)2-6-11-7-3-10/h6-11,21-22,43H,1,12-20H2,2-5H3,(H,34,35,37);3-4,13H,5-12H2,1-2H3;3-4,13H,5-12,18H2,1-2H3;11H,2-9H2,1H3. The fourth-order valence-corrected chi connectivity index (χ4v) is 16.6. The molecule has 23 heteroatoms. The van der Waals surface area contributed by atoms with Gasteiger partial charge in [0.2, 0.25) is 5.95 Å². The molecule has 100 heavy (non-hydrogen) atoms. The van der Waals surface area contributed by atoms with Crippen LogP contribution in [-0.2, 0) is 12.1 Å². The van der Waals surface area contributed by atoms with E-state index in [1.807, 2.05) is 30.3 Å². The van der Waals surface area contributed by atoms with Crippen LogP contribution in [0.3, 0.4) is 0 Å². The van der Waals surface area contributed by atoms with Gasteiger partial charge in [-0.1, -0.05) is 12.1 Å². The molecule has 544 valence electrons. The molecule has 3 aromatic carbocycles. The minimum Gasteiger partial charge on any atom is -0.495 e. The van der Waals surface area contributed by atoms with Crippen LogP contribution in [0.15, 0.2) is 96.4 Å². The maximum absolute atomic E-state index is 13.3. The van der Waals surface area contributed by atoms with Gasteiger partial charge in [-0.25, -0.2) is 19.3 Å². The zero-order chi connectivity index (χ0) is 70.8. The summed E-state index contributed by atoms with van der Waals surface area (Å²) in [5.74, 6) is 3.07. The van der Waals surface area contributed by atoms with Gasteiger partial charge < -0.3 is 70.0 Å². The third-order valence-electron chi connectivity index (χ3n) is 23.9. The van der Waals surface area contributed by atoms with E-state index in [4.69, 9.17) is 24.9 Å². The van der Waals surface area contributed by atoms with Crippen LogP contribution < -0.4 is 50.8 Å². The summed E-state index contributed by atoms with van der Waals surface area (Å²) in [4.78, 5) is 54.7. The number of non-ortho nitro benzene ring substituents is 1. The highest BCUT2D eigenvalue weighted by Crippen LogP contribution is 2.47. The van der Waals surface area contributed by atoms with Gasteiger partial charge in [0.15, 0.2) is 11.5 Å². The Hall–Kier alpha value is -7.54. The van der Waals surface area contributed by atoms with Gasteiger partial charge in [0.1, 0.15) is 28.2 Å². The van der Waals surface area contributed by atoms with Crippen LogP contribution >= 0.6 is 0 Å². The monoisotopic (exact) mass is 1370 g/mol. The van der Waals surface area contributed by atoms with E-state index >= 15 is 0 Å². The van der Waals surface area contributed by atoms with Crippen molar-refractivity contribution in [1.82, 2.24) is 49.2 Å². The van der Waals surface area contributed by atoms with E-state index in [9.17, 15) is 20.0 Å². The number of nitrogen functional groups attached to an aromatic ring is 1. The average molecular weight is 1380 g/mol. The van der Waals surface area contributed by atoms with Crippen molar-refractivity contribution in [2.75, 3.05) is 180 Å². The Labute approximate surface area is 593 Å². The molecule has 4 spiro atoms. The third-order valence-corrected chi connectivity index (χ3v) is 23.9. The first-order chi connectivity index (χ1) is 48.1. The highest BCUT2D eigenvalue weighted by Gasteiger charge is 2.41. The minimum absolute atomic E-state index is 0.0781. The largest absolute Gasteiger partial charge is 0.495 e. The molecule has 14 rings (SSSR count). The normalized spacial score (nSPS) is 20.9. The van der Waals surface area contributed by atoms with Crippen molar-refractivity contribution in [2.45, 2.75) is 129 Å². The Morgan fingerprint density at radius 2 is 1.02 bits per heavy atom. The zero-order valence-corrected chi connectivity index (χ0v) is 61.4. The van der Waals surface area contributed by atoms with Gasteiger partial charge in [-0.05, 0) is 274 Å². The molecule has 0 aliphatic carbocycles. The lowest BCUT2D eigenvalue weighted by molar-refractivity contribution is -0.384. The smallest absolute Gasteiger partial charge is 0.278 e. The molecular formula is C77H114N16O7. The Morgan fingerprint density at radius 1 is 0.600 bits per heavy atom. The molecular weight excluding hydrogens is 1260 g/mol. The van der Waals surface area contributed by atoms with Gasteiger partial charge >= 0.3 is 0 Å². The summed E-state index contributed by atoms with van der Waals surface area (Å²) >= 11 is 0. The summed E-state index contributed by atoms with van der Waals surface area (Å²) in [6.07, 6.45) is 24.1. The molecule has 5 N–H and O–H groups in total. The third kappa shape index (κ3) is 17.5. The number of nitrogens with zero attached hydrogens (tertiary/aromatic N) is 13. The number of allylic oxidation sites excluding steroid dienone is 1. The maximum Gasteiger partial charge on any atom is 0.278 e. The summed E-state index contributed by atoms with van der Waals surface area (Å²) in [5.41, 5.74) is 12.5. The van der Waals surface area contributed by atoms with Gasteiger partial charge in [0, 0.05) is 75.0 Å². The van der Waals surface area contributed by atoms with E-state index in [0.29, 0.717) is 50.5 Å². The summed E-state index contributed by atoms with van der Waals surface area (Å²) in [5, 5.41) is 28.6. The van der Waals surface area contributed by atoms with Crippen molar-refractivity contribution >= 4 is 51.1 Å². The number of benzene rings is 3. The Bertz CT molecular complexity index is 3740. The lowest BCUT2D eigenvalue weighted by Crippen LogP contribution is -2.46. The number of aromatic nitrogens is 5. The number of anilines is 6. The lowest BCUT2D eigenvalue weighted by Gasteiger charge is -2.47. The number of likely N-dealkylation sites (tertiary alicyclic amines) is 4. The number of piperidine rings is 8. The van der Waals surface area contributed by atoms with Crippen molar-refractivity contribution in [1.29, 1.82) is 0 Å². The Balaban J connectivity index is 0.000000150. The second-order valence-electron chi connectivity index (χ2n) is 30.8. The molecule has 3 aromatic heterocycles. The molecule has 0 atom stereocenters. The topological polar surface area (TPSA) is 229 Å². The number of hydrogen-bond acceptors (Lipinski definition) is 20. The summed E-state index contributed by atoms with van der Waals surface area (Å²) in [6, 6.07) is 22.3. The number of nitrogens with two attached hydrogens (primary N) is 1. The van der Waals surface area contributed by atoms with Gasteiger partial charge in [0.25, 0.3) is 11.2 Å². The molecule has 0 saturated carbocycles. The van der Waals surface area contributed by atoms with Crippen molar-refractivity contribution in [3.05, 3.63) is 118 Å². The van der Waals surface area contributed by atoms with Crippen molar-refractivity contribution in [3.8, 4) is 23.1 Å². The molecule has 11 heterocycles. The second kappa shape index (κ2) is 32.2. The fourth-order valence-electron chi connectivity index (χ4n) is 16.6. The van der Waals surface area contributed by atoms with E-state index in [-0.39, 0.29) is 22.7 Å². The van der Waals surface area contributed by atoms with Gasteiger partial charge in [0.05, 0.1) is 61.6 Å². The first-order valence-electron chi connectivity index (χ1n) is 36.8. The van der Waals surface area contributed by atoms with Crippen LogP contribution in [0.2, 0.25) is 0 Å². The van der Waals surface area contributed by atoms with Crippen molar-refractivity contribution < 1.29 is 24.2 Å². The number of methoxy groups -OCH3 is 3. The van der Waals surface area contributed by atoms with Crippen molar-refractivity contribution in [3.63, 3.8) is 0 Å². The van der Waals surface area contributed by atoms with Crippen molar-refractivity contribution in [2.24, 2.45) is 21.7 Å². The number of aliphatic hydroxyl groups is 1. The van der Waals surface area contributed by atoms with Gasteiger partial charge in [-0.2, -0.15) is 4.98 Å². The van der Waals surface area contributed by atoms with Gasteiger partial charge in [-0.15, -0.1) is 6.58 Å².